The Morgan fingerprint density at radius 2 is 1.11 bits per heavy atom. The molecule has 0 heterocycles. The predicted octanol–water partition coefficient (Wildman–Crippen LogP) is 12.7. The summed E-state index contributed by atoms with van der Waals surface area (Å²) in [6.45, 7) is 6.20. The van der Waals surface area contributed by atoms with Crippen molar-refractivity contribution < 1.29 is 34.4 Å². The molecule has 0 spiro atoms. The fraction of sp³-hybridized carbons (Fsp3) is 0.720. The maximum Gasteiger partial charge on any atom is 0.306 e. The number of rotatable bonds is 40. The molecule has 0 aromatic rings. The summed E-state index contributed by atoms with van der Waals surface area (Å²) in [6, 6.07) is 0. The van der Waals surface area contributed by atoms with Gasteiger partial charge in [0.2, 0.25) is 0 Å². The first kappa shape index (κ1) is 54.3. The second kappa shape index (κ2) is 42.9. The summed E-state index contributed by atoms with van der Waals surface area (Å²) in [5, 5.41) is 29.5. The first-order valence-electron chi connectivity index (χ1n) is 23.1. The molecule has 0 saturated carbocycles. The Morgan fingerprint density at radius 1 is 0.579 bits per heavy atom. The minimum absolute atomic E-state index is 0.138. The number of esters is 2. The summed E-state index contributed by atoms with van der Waals surface area (Å²) in [4.78, 5) is 24.4. The van der Waals surface area contributed by atoms with Gasteiger partial charge in [0.25, 0.3) is 0 Å². The van der Waals surface area contributed by atoms with Crippen LogP contribution in [-0.4, -0.2) is 58.8 Å². The van der Waals surface area contributed by atoms with Crippen LogP contribution in [0.3, 0.4) is 0 Å². The number of hydrogen-bond acceptors (Lipinski definition) is 7. The van der Waals surface area contributed by atoms with Crippen LogP contribution >= 0.6 is 0 Å². The molecule has 0 bridgehead atoms. The highest BCUT2D eigenvalue weighted by molar-refractivity contribution is 5.70. The third-order valence-corrected chi connectivity index (χ3v) is 10.2. The van der Waals surface area contributed by atoms with Gasteiger partial charge in [0.05, 0.1) is 18.8 Å². The molecule has 0 aromatic heterocycles. The van der Waals surface area contributed by atoms with E-state index in [2.05, 4.69) is 20.8 Å². The van der Waals surface area contributed by atoms with Gasteiger partial charge in [-0.15, -0.1) is 0 Å². The molecule has 57 heavy (non-hydrogen) atoms. The van der Waals surface area contributed by atoms with Crippen molar-refractivity contribution in [3.05, 3.63) is 72.9 Å². The molecule has 0 amide bonds. The van der Waals surface area contributed by atoms with Crippen LogP contribution in [0.5, 0.6) is 0 Å². The molecule has 4 atom stereocenters. The second-order valence-corrected chi connectivity index (χ2v) is 15.7. The minimum atomic E-state index is -0.862. The Kier molecular flexibility index (Phi) is 40.8. The fourth-order valence-corrected chi connectivity index (χ4v) is 6.33. The third-order valence-electron chi connectivity index (χ3n) is 10.2. The number of aliphatic hydroxyl groups is 3. The predicted molar refractivity (Wildman–Crippen MR) is 240 cm³/mol. The highest BCUT2D eigenvalue weighted by Gasteiger charge is 2.16. The molecule has 0 aliphatic rings. The van der Waals surface area contributed by atoms with E-state index in [9.17, 15) is 24.9 Å². The number of hydrogen-bond donors (Lipinski definition) is 3. The Hall–Kier alpha value is -2.74. The minimum Gasteiger partial charge on any atom is -0.462 e. The van der Waals surface area contributed by atoms with E-state index in [1.54, 1.807) is 24.3 Å². The summed E-state index contributed by atoms with van der Waals surface area (Å²) >= 11 is 0. The average molecular weight is 799 g/mol. The summed E-state index contributed by atoms with van der Waals surface area (Å²) in [5.41, 5.74) is 0. The zero-order valence-electron chi connectivity index (χ0n) is 36.7. The quantitative estimate of drug-likeness (QED) is 0.0245. The standard InChI is InChI=1S/C50H86O7/c1-4-6-29-37-46(52)38-31-25-21-19-22-26-32-39-47(53)40-33-28-35-42-50(55)57-48(43-51)44-56-49(54)41-34-27-23-18-16-14-12-10-8-7-9-11-13-15-17-20-24-30-36-45(3)5-2/h6,21-22,25-26,29,31-33,38-40,45-48,51-53H,4-5,7-20,23-24,27-28,30,34-37,41-44H2,1-3H3/b25-21-,26-22-,29-6-,38-31+,39-32+,40-33-/t45?,46-,47-,48-/m0/s1. The first-order valence-corrected chi connectivity index (χ1v) is 23.1. The first-order chi connectivity index (χ1) is 27.8. The fourth-order valence-electron chi connectivity index (χ4n) is 6.33. The van der Waals surface area contributed by atoms with Gasteiger partial charge in [0.15, 0.2) is 6.10 Å². The summed E-state index contributed by atoms with van der Waals surface area (Å²) < 4.78 is 10.5. The molecule has 0 aromatic carbocycles. The van der Waals surface area contributed by atoms with Crippen molar-refractivity contribution in [2.24, 2.45) is 5.92 Å². The Labute approximate surface area is 349 Å². The van der Waals surface area contributed by atoms with E-state index < -0.39 is 30.9 Å². The molecule has 0 aliphatic heterocycles. The van der Waals surface area contributed by atoms with Crippen LogP contribution in [0.1, 0.15) is 194 Å². The molecular weight excluding hydrogens is 713 g/mol. The second-order valence-electron chi connectivity index (χ2n) is 15.7. The molecule has 7 heteroatoms. The maximum absolute atomic E-state index is 12.2. The van der Waals surface area contributed by atoms with Crippen molar-refractivity contribution in [3.8, 4) is 0 Å². The number of ether oxygens (including phenoxy) is 2. The van der Waals surface area contributed by atoms with Gasteiger partial charge < -0.3 is 24.8 Å². The van der Waals surface area contributed by atoms with Gasteiger partial charge in [-0.3, -0.25) is 9.59 Å². The largest absolute Gasteiger partial charge is 0.462 e. The van der Waals surface area contributed by atoms with Crippen molar-refractivity contribution in [1.29, 1.82) is 0 Å². The number of carbonyl (C=O) groups is 2. The molecule has 1 unspecified atom stereocenters. The van der Waals surface area contributed by atoms with E-state index in [-0.39, 0.29) is 19.0 Å². The molecule has 0 saturated heterocycles. The number of carbonyl (C=O) groups excluding carboxylic acids is 2. The maximum atomic E-state index is 12.2. The number of allylic oxidation sites excluding steroid dienone is 8. The van der Waals surface area contributed by atoms with E-state index in [0.717, 1.165) is 38.0 Å². The molecule has 7 nitrogen and oxygen atoms in total. The van der Waals surface area contributed by atoms with Crippen LogP contribution in [0.25, 0.3) is 0 Å². The van der Waals surface area contributed by atoms with Crippen molar-refractivity contribution >= 4 is 11.9 Å². The lowest BCUT2D eigenvalue weighted by Crippen LogP contribution is -2.28. The van der Waals surface area contributed by atoms with Crippen molar-refractivity contribution in [1.82, 2.24) is 0 Å². The monoisotopic (exact) mass is 799 g/mol. The molecule has 3 N–H and O–H groups in total. The average Bonchev–Trinajstić information content (AvgIpc) is 3.20. The van der Waals surface area contributed by atoms with Crippen LogP contribution < -0.4 is 0 Å². The van der Waals surface area contributed by atoms with E-state index in [4.69, 9.17) is 9.47 Å². The zero-order valence-corrected chi connectivity index (χ0v) is 36.7. The van der Waals surface area contributed by atoms with E-state index >= 15 is 0 Å². The Bertz CT molecular complexity index is 1090. The van der Waals surface area contributed by atoms with Crippen LogP contribution in [-0.2, 0) is 19.1 Å². The lowest BCUT2D eigenvalue weighted by atomic mass is 9.99. The Morgan fingerprint density at radius 3 is 1.65 bits per heavy atom. The normalized spacial score (nSPS) is 14.6. The number of aliphatic hydroxyl groups excluding tert-OH is 3. The van der Waals surface area contributed by atoms with Crippen molar-refractivity contribution in [2.45, 2.75) is 212 Å². The lowest BCUT2D eigenvalue weighted by Gasteiger charge is -2.15. The van der Waals surface area contributed by atoms with E-state index in [0.29, 0.717) is 25.7 Å². The van der Waals surface area contributed by atoms with Crippen molar-refractivity contribution in [3.63, 3.8) is 0 Å². The van der Waals surface area contributed by atoms with Gasteiger partial charge in [0, 0.05) is 12.8 Å². The van der Waals surface area contributed by atoms with Gasteiger partial charge in [-0.25, -0.2) is 0 Å². The number of unbranched alkanes of at least 4 members (excludes halogenated alkanes) is 18. The molecule has 0 radical (unpaired) electrons. The zero-order chi connectivity index (χ0) is 41.9. The third kappa shape index (κ3) is 41.2. The van der Waals surface area contributed by atoms with Gasteiger partial charge in [-0.1, -0.05) is 216 Å². The van der Waals surface area contributed by atoms with Gasteiger partial charge in [0.1, 0.15) is 6.61 Å². The summed E-state index contributed by atoms with van der Waals surface area (Å²) in [5.74, 6) is 0.132. The smallest absolute Gasteiger partial charge is 0.306 e. The molecule has 0 rings (SSSR count). The Balaban J connectivity index is 3.73. The van der Waals surface area contributed by atoms with Crippen LogP contribution in [0.15, 0.2) is 72.9 Å². The van der Waals surface area contributed by atoms with Crippen LogP contribution in [0.2, 0.25) is 0 Å². The van der Waals surface area contributed by atoms with E-state index in [1.807, 2.05) is 48.6 Å². The van der Waals surface area contributed by atoms with Crippen molar-refractivity contribution in [2.75, 3.05) is 13.2 Å². The molecule has 0 aliphatic carbocycles. The summed E-state index contributed by atoms with van der Waals surface area (Å²) in [7, 11) is 0. The van der Waals surface area contributed by atoms with Crippen LogP contribution in [0.4, 0.5) is 0 Å². The molecule has 0 fully saturated rings. The highest BCUT2D eigenvalue weighted by atomic mass is 16.6. The SMILES string of the molecule is CC/C=C\C[C@H](O)/C=C/C=C\C/C=C\C=C\[C@H](O)/C=C\CCCC(=O)O[C@@H](CO)COC(=O)CCCCCCCCCCCCCCCCCCCCC(C)CC. The molecular formula is C50H86O7. The van der Waals surface area contributed by atoms with Gasteiger partial charge in [-0.05, 0) is 44.4 Å². The van der Waals surface area contributed by atoms with Crippen LogP contribution in [0, 0.1) is 5.92 Å². The highest BCUT2D eigenvalue weighted by Crippen LogP contribution is 2.17. The van der Waals surface area contributed by atoms with Gasteiger partial charge >= 0.3 is 11.9 Å². The molecule has 328 valence electrons. The summed E-state index contributed by atoms with van der Waals surface area (Å²) in [6.07, 6.45) is 50.4. The topological polar surface area (TPSA) is 113 Å². The lowest BCUT2D eigenvalue weighted by molar-refractivity contribution is -0.161. The van der Waals surface area contributed by atoms with E-state index in [1.165, 1.54) is 109 Å². The van der Waals surface area contributed by atoms with Gasteiger partial charge in [-0.2, -0.15) is 0 Å².